The van der Waals surface area contributed by atoms with Gasteiger partial charge in [-0.15, -0.1) is 0 Å². The van der Waals surface area contributed by atoms with Gasteiger partial charge in [-0.3, -0.25) is 14.4 Å². The van der Waals surface area contributed by atoms with Crippen LogP contribution in [0, 0.1) is 0 Å². The largest absolute Gasteiger partial charge is 0.339 e. The van der Waals surface area contributed by atoms with Crippen molar-refractivity contribution >= 4 is 23.4 Å². The monoisotopic (exact) mass is 284 g/mol. The molecule has 5 nitrogen and oxygen atoms in total. The molecule has 0 spiro atoms. The molecule has 1 aromatic rings. The first kappa shape index (κ1) is 13.5. The van der Waals surface area contributed by atoms with Crippen LogP contribution in [0.3, 0.4) is 0 Å². The Morgan fingerprint density at radius 2 is 1.52 bits per heavy atom. The molecule has 0 aliphatic carbocycles. The number of rotatable bonds is 2. The minimum Gasteiger partial charge on any atom is -0.339 e. The lowest BCUT2D eigenvalue weighted by Crippen LogP contribution is -2.38. The molecule has 2 heterocycles. The zero-order valence-electron chi connectivity index (χ0n) is 11.6. The molecule has 0 N–H and O–H groups in total. The highest BCUT2D eigenvalue weighted by Gasteiger charge is 2.30. The van der Waals surface area contributed by atoms with Gasteiger partial charge in [-0.1, -0.05) is 12.1 Å². The van der Waals surface area contributed by atoms with E-state index in [0.717, 1.165) is 37.3 Å². The molecule has 0 radical (unpaired) electrons. The van der Waals surface area contributed by atoms with E-state index in [1.807, 2.05) is 0 Å². The van der Waals surface area contributed by atoms with Crippen LogP contribution in [0.4, 0.5) is 5.69 Å². The predicted molar refractivity (Wildman–Crippen MR) is 77.8 cm³/mol. The third-order valence-electron chi connectivity index (χ3n) is 3.83. The van der Waals surface area contributed by atoms with Gasteiger partial charge in [0.25, 0.3) is 17.7 Å². The maximum Gasteiger partial charge on any atom is 0.258 e. The highest BCUT2D eigenvalue weighted by atomic mass is 16.2. The lowest BCUT2D eigenvalue weighted by molar-refractivity contribution is -0.119. The van der Waals surface area contributed by atoms with Crippen molar-refractivity contribution in [1.82, 2.24) is 4.90 Å². The maximum absolute atomic E-state index is 12.6. The first-order valence-electron chi connectivity index (χ1n) is 7.13. The van der Waals surface area contributed by atoms with Crippen LogP contribution in [0.15, 0.2) is 36.4 Å². The summed E-state index contributed by atoms with van der Waals surface area (Å²) in [6, 6.07) is 6.78. The van der Waals surface area contributed by atoms with Gasteiger partial charge in [0.05, 0.1) is 11.3 Å². The van der Waals surface area contributed by atoms with E-state index in [0.29, 0.717) is 11.3 Å². The Kier molecular flexibility index (Phi) is 3.56. The van der Waals surface area contributed by atoms with Crippen molar-refractivity contribution < 1.29 is 14.4 Å². The summed E-state index contributed by atoms with van der Waals surface area (Å²) in [5, 5.41) is 0. The standard InChI is InChI=1S/C16H16N2O3/c19-14-8-9-15(20)18(14)13-7-3-2-6-12(13)16(21)17-10-4-1-5-11-17/h2-3,6-9H,1,4-5,10-11H2. The van der Waals surface area contributed by atoms with Crippen LogP contribution in [-0.4, -0.2) is 35.7 Å². The lowest BCUT2D eigenvalue weighted by atomic mass is 10.1. The van der Waals surface area contributed by atoms with Gasteiger partial charge < -0.3 is 4.90 Å². The maximum atomic E-state index is 12.6. The first-order chi connectivity index (χ1) is 10.2. The van der Waals surface area contributed by atoms with Crippen molar-refractivity contribution in [2.45, 2.75) is 19.3 Å². The second kappa shape index (κ2) is 5.52. The third kappa shape index (κ3) is 2.46. The fourth-order valence-corrected chi connectivity index (χ4v) is 2.75. The summed E-state index contributed by atoms with van der Waals surface area (Å²) in [5.74, 6) is -0.921. The highest BCUT2D eigenvalue weighted by molar-refractivity contribution is 6.29. The second-order valence-corrected chi connectivity index (χ2v) is 5.22. The van der Waals surface area contributed by atoms with E-state index in [1.54, 1.807) is 29.2 Å². The number of nitrogens with zero attached hydrogens (tertiary/aromatic N) is 2. The third-order valence-corrected chi connectivity index (χ3v) is 3.83. The Morgan fingerprint density at radius 3 is 2.19 bits per heavy atom. The number of benzene rings is 1. The molecule has 0 bridgehead atoms. The summed E-state index contributed by atoms with van der Waals surface area (Å²) in [4.78, 5) is 39.2. The second-order valence-electron chi connectivity index (χ2n) is 5.22. The Morgan fingerprint density at radius 1 is 0.905 bits per heavy atom. The number of hydrogen-bond acceptors (Lipinski definition) is 3. The summed E-state index contributed by atoms with van der Waals surface area (Å²) >= 11 is 0. The van der Waals surface area contributed by atoms with Gasteiger partial charge in [0.15, 0.2) is 0 Å². The summed E-state index contributed by atoms with van der Waals surface area (Å²) in [7, 11) is 0. The van der Waals surface area contributed by atoms with Gasteiger partial charge in [-0.25, -0.2) is 4.90 Å². The van der Waals surface area contributed by atoms with Gasteiger partial charge in [0.1, 0.15) is 0 Å². The number of carbonyl (C=O) groups is 3. The number of anilines is 1. The van der Waals surface area contributed by atoms with Crippen molar-refractivity contribution in [1.29, 1.82) is 0 Å². The van der Waals surface area contributed by atoms with E-state index in [4.69, 9.17) is 0 Å². The molecule has 5 heteroatoms. The van der Waals surface area contributed by atoms with Crippen LogP contribution in [0.1, 0.15) is 29.6 Å². The topological polar surface area (TPSA) is 57.7 Å². The van der Waals surface area contributed by atoms with E-state index in [1.165, 1.54) is 12.2 Å². The predicted octanol–water partition coefficient (Wildman–Crippen LogP) is 1.74. The molecule has 0 atom stereocenters. The van der Waals surface area contributed by atoms with E-state index < -0.39 is 11.8 Å². The lowest BCUT2D eigenvalue weighted by Gasteiger charge is -2.28. The molecule has 2 aliphatic rings. The molecular weight excluding hydrogens is 268 g/mol. The number of amides is 3. The summed E-state index contributed by atoms with van der Waals surface area (Å²) in [6.07, 6.45) is 5.58. The highest BCUT2D eigenvalue weighted by Crippen LogP contribution is 2.26. The van der Waals surface area contributed by atoms with Crippen molar-refractivity contribution in [3.8, 4) is 0 Å². The minimum atomic E-state index is -0.404. The van der Waals surface area contributed by atoms with Crippen molar-refractivity contribution in [3.05, 3.63) is 42.0 Å². The summed E-state index contributed by atoms with van der Waals surface area (Å²) in [5.41, 5.74) is 0.776. The van der Waals surface area contributed by atoms with Gasteiger partial charge in [-0.05, 0) is 31.4 Å². The normalized spacial score (nSPS) is 18.5. The van der Waals surface area contributed by atoms with E-state index in [2.05, 4.69) is 0 Å². The zero-order valence-corrected chi connectivity index (χ0v) is 11.6. The molecule has 0 saturated carbocycles. The molecule has 1 fully saturated rings. The average molecular weight is 284 g/mol. The van der Waals surface area contributed by atoms with E-state index >= 15 is 0 Å². The van der Waals surface area contributed by atoms with Crippen LogP contribution >= 0.6 is 0 Å². The Balaban J connectivity index is 1.94. The SMILES string of the molecule is O=C(c1ccccc1N1C(=O)C=CC1=O)N1CCCCC1. The van der Waals surface area contributed by atoms with Crippen molar-refractivity contribution in [3.63, 3.8) is 0 Å². The molecule has 21 heavy (non-hydrogen) atoms. The molecule has 108 valence electrons. The fraction of sp³-hybridized carbons (Fsp3) is 0.312. The number of hydrogen-bond donors (Lipinski definition) is 0. The van der Waals surface area contributed by atoms with E-state index in [9.17, 15) is 14.4 Å². The number of imide groups is 1. The number of piperidine rings is 1. The van der Waals surface area contributed by atoms with Crippen molar-refractivity contribution in [2.24, 2.45) is 0 Å². The van der Waals surface area contributed by atoms with Gasteiger partial charge in [-0.2, -0.15) is 0 Å². The fourth-order valence-electron chi connectivity index (χ4n) is 2.75. The van der Waals surface area contributed by atoms with Crippen LogP contribution in [0.25, 0.3) is 0 Å². The molecule has 3 amide bonds. The molecule has 1 aromatic carbocycles. The van der Waals surface area contributed by atoms with Crippen molar-refractivity contribution in [2.75, 3.05) is 18.0 Å². The van der Waals surface area contributed by atoms with E-state index in [-0.39, 0.29) is 5.91 Å². The number of carbonyl (C=O) groups excluding carboxylic acids is 3. The van der Waals surface area contributed by atoms with Gasteiger partial charge in [0, 0.05) is 25.2 Å². The number of para-hydroxylation sites is 1. The van der Waals surface area contributed by atoms with Crippen LogP contribution in [0.2, 0.25) is 0 Å². The quantitative estimate of drug-likeness (QED) is 0.777. The summed E-state index contributed by atoms with van der Waals surface area (Å²) in [6.45, 7) is 1.46. The van der Waals surface area contributed by atoms with Crippen LogP contribution < -0.4 is 4.90 Å². The number of likely N-dealkylation sites (tertiary alicyclic amines) is 1. The Bertz CT molecular complexity index is 612. The van der Waals surface area contributed by atoms with Crippen LogP contribution in [0.5, 0.6) is 0 Å². The molecule has 0 aromatic heterocycles. The smallest absolute Gasteiger partial charge is 0.258 e. The molecule has 3 rings (SSSR count). The first-order valence-corrected chi connectivity index (χ1v) is 7.13. The Labute approximate surface area is 122 Å². The van der Waals surface area contributed by atoms with Gasteiger partial charge in [0.2, 0.25) is 0 Å². The summed E-state index contributed by atoms with van der Waals surface area (Å²) < 4.78 is 0. The molecule has 0 unspecified atom stereocenters. The molecular formula is C16H16N2O3. The molecule has 1 saturated heterocycles. The minimum absolute atomic E-state index is 0.113. The molecule has 2 aliphatic heterocycles. The van der Waals surface area contributed by atoms with Gasteiger partial charge >= 0.3 is 0 Å². The Hall–Kier alpha value is -2.43. The van der Waals surface area contributed by atoms with Crippen LogP contribution in [-0.2, 0) is 9.59 Å². The average Bonchev–Trinajstić information content (AvgIpc) is 2.86. The zero-order chi connectivity index (χ0) is 14.8.